The van der Waals surface area contributed by atoms with Crippen molar-refractivity contribution >= 4 is 15.9 Å². The van der Waals surface area contributed by atoms with E-state index in [2.05, 4.69) is 5.32 Å². The molecule has 0 radical (unpaired) electrons. The van der Waals surface area contributed by atoms with Crippen LogP contribution in [0.25, 0.3) is 0 Å². The van der Waals surface area contributed by atoms with Crippen molar-refractivity contribution in [3.8, 4) is 5.75 Å². The lowest BCUT2D eigenvalue weighted by Gasteiger charge is -2.17. The van der Waals surface area contributed by atoms with Gasteiger partial charge in [-0.25, -0.2) is 12.7 Å². The third-order valence-corrected chi connectivity index (χ3v) is 6.32. The highest BCUT2D eigenvalue weighted by Gasteiger charge is 2.19. The summed E-state index contributed by atoms with van der Waals surface area (Å²) in [5, 5.41) is 2.89. The maximum absolute atomic E-state index is 12.4. The van der Waals surface area contributed by atoms with Crippen molar-refractivity contribution in [1.82, 2.24) is 9.62 Å². The van der Waals surface area contributed by atoms with Gasteiger partial charge >= 0.3 is 0 Å². The highest BCUT2D eigenvalue weighted by Crippen LogP contribution is 2.14. The maximum atomic E-state index is 12.4. The number of rotatable bonds is 11. The molecule has 7 heteroatoms. The molecule has 0 aliphatic carbocycles. The van der Waals surface area contributed by atoms with E-state index in [0.717, 1.165) is 18.6 Å². The quantitative estimate of drug-likeness (QED) is 0.585. The van der Waals surface area contributed by atoms with Crippen molar-refractivity contribution in [2.45, 2.75) is 30.6 Å². The first-order chi connectivity index (χ1) is 13.4. The molecular formula is C21H28N2O4S. The highest BCUT2D eigenvalue weighted by atomic mass is 32.2. The summed E-state index contributed by atoms with van der Waals surface area (Å²) in [5.41, 5.74) is 1.20. The Balaban J connectivity index is 1.64. The predicted octanol–water partition coefficient (Wildman–Crippen LogP) is 2.84. The van der Waals surface area contributed by atoms with Gasteiger partial charge in [-0.1, -0.05) is 30.3 Å². The molecule has 0 saturated carbocycles. The Kier molecular flexibility index (Phi) is 8.47. The second kappa shape index (κ2) is 10.8. The third-order valence-electron chi connectivity index (χ3n) is 4.45. The van der Waals surface area contributed by atoms with Gasteiger partial charge in [-0.15, -0.1) is 0 Å². The van der Waals surface area contributed by atoms with Crippen LogP contribution in [0.4, 0.5) is 0 Å². The molecule has 0 saturated heterocycles. The summed E-state index contributed by atoms with van der Waals surface area (Å²) in [5.74, 6) is 0.775. The van der Waals surface area contributed by atoms with E-state index < -0.39 is 10.0 Å². The number of benzene rings is 2. The van der Waals surface area contributed by atoms with E-state index >= 15 is 0 Å². The van der Waals surface area contributed by atoms with Gasteiger partial charge in [0, 0.05) is 26.6 Å². The molecule has 1 amide bonds. The lowest BCUT2D eigenvalue weighted by molar-refractivity contribution is -0.121. The fraction of sp³-hybridized carbons (Fsp3) is 0.381. The number of methoxy groups -OCH3 is 1. The van der Waals surface area contributed by atoms with Crippen molar-refractivity contribution < 1.29 is 17.9 Å². The number of aryl methyl sites for hydroxylation is 1. The van der Waals surface area contributed by atoms with Gasteiger partial charge in [-0.2, -0.15) is 0 Å². The van der Waals surface area contributed by atoms with Gasteiger partial charge in [0.25, 0.3) is 0 Å². The second-order valence-electron chi connectivity index (χ2n) is 6.54. The number of sulfonamides is 1. The molecular weight excluding hydrogens is 376 g/mol. The number of carbonyl (C=O) groups is 1. The summed E-state index contributed by atoms with van der Waals surface area (Å²) in [6.45, 7) is 0.902. The summed E-state index contributed by atoms with van der Waals surface area (Å²) in [4.78, 5) is 12.2. The summed E-state index contributed by atoms with van der Waals surface area (Å²) >= 11 is 0. The Labute approximate surface area is 167 Å². The van der Waals surface area contributed by atoms with Crippen LogP contribution in [0.5, 0.6) is 5.75 Å². The van der Waals surface area contributed by atoms with Gasteiger partial charge < -0.3 is 10.1 Å². The van der Waals surface area contributed by atoms with E-state index in [0.29, 0.717) is 25.9 Å². The van der Waals surface area contributed by atoms with Crippen molar-refractivity contribution in [1.29, 1.82) is 0 Å². The molecule has 152 valence electrons. The minimum atomic E-state index is -3.50. The van der Waals surface area contributed by atoms with Crippen LogP contribution >= 0.6 is 0 Å². The Morgan fingerprint density at radius 2 is 1.71 bits per heavy atom. The van der Waals surface area contributed by atoms with Gasteiger partial charge in [-0.05, 0) is 49.1 Å². The average molecular weight is 405 g/mol. The van der Waals surface area contributed by atoms with Crippen LogP contribution in [-0.4, -0.2) is 45.9 Å². The minimum absolute atomic E-state index is 0.0553. The molecule has 28 heavy (non-hydrogen) atoms. The molecule has 0 unspecified atom stereocenters. The van der Waals surface area contributed by atoms with Crippen LogP contribution in [0.3, 0.4) is 0 Å². The molecule has 1 N–H and O–H groups in total. The first-order valence-corrected chi connectivity index (χ1v) is 10.8. The molecule has 0 aliphatic rings. The Morgan fingerprint density at radius 3 is 2.36 bits per heavy atom. The van der Waals surface area contributed by atoms with Gasteiger partial charge in [0.15, 0.2) is 0 Å². The maximum Gasteiger partial charge on any atom is 0.242 e. The van der Waals surface area contributed by atoms with Crippen molar-refractivity contribution in [3.63, 3.8) is 0 Å². The van der Waals surface area contributed by atoms with Gasteiger partial charge in [-0.3, -0.25) is 4.79 Å². The fourth-order valence-electron chi connectivity index (χ4n) is 2.76. The molecule has 0 aromatic heterocycles. The van der Waals surface area contributed by atoms with Crippen LogP contribution in [0.15, 0.2) is 59.5 Å². The van der Waals surface area contributed by atoms with Gasteiger partial charge in [0.1, 0.15) is 5.75 Å². The molecule has 2 aromatic carbocycles. The van der Waals surface area contributed by atoms with E-state index in [1.54, 1.807) is 37.4 Å². The standard InChI is InChI=1S/C21H28N2O4S/c1-23(28(25,26)20-9-4-3-5-10-20)17-7-11-21(24)22-16-6-8-18-12-14-19(27-2)15-13-18/h3-5,9-10,12-15H,6-8,11,16-17H2,1-2H3,(H,22,24). The second-order valence-corrected chi connectivity index (χ2v) is 8.59. The fourth-order valence-corrected chi connectivity index (χ4v) is 3.99. The Bertz CT molecular complexity index is 836. The smallest absolute Gasteiger partial charge is 0.242 e. The third kappa shape index (κ3) is 6.65. The van der Waals surface area contributed by atoms with E-state index in [9.17, 15) is 13.2 Å². The molecule has 0 atom stereocenters. The molecule has 0 spiro atoms. The van der Waals surface area contributed by atoms with Crippen LogP contribution < -0.4 is 10.1 Å². The minimum Gasteiger partial charge on any atom is -0.497 e. The lowest BCUT2D eigenvalue weighted by Crippen LogP contribution is -2.30. The average Bonchev–Trinajstić information content (AvgIpc) is 2.72. The topological polar surface area (TPSA) is 75.7 Å². The summed E-state index contributed by atoms with van der Waals surface area (Å²) < 4.78 is 31.2. The number of ether oxygens (including phenoxy) is 1. The number of hydrogen-bond donors (Lipinski definition) is 1. The molecule has 0 bridgehead atoms. The van der Waals surface area contributed by atoms with Crippen molar-refractivity contribution in [2.75, 3.05) is 27.2 Å². The zero-order valence-electron chi connectivity index (χ0n) is 16.4. The van der Waals surface area contributed by atoms with Crippen molar-refractivity contribution in [3.05, 3.63) is 60.2 Å². The first kappa shape index (κ1) is 21.9. The summed E-state index contributed by atoms with van der Waals surface area (Å²) in [7, 11) is -0.326. The number of nitrogens with zero attached hydrogens (tertiary/aromatic N) is 1. The SMILES string of the molecule is COc1ccc(CCCNC(=O)CCCN(C)S(=O)(=O)c2ccccc2)cc1. The monoisotopic (exact) mass is 404 g/mol. The van der Waals surface area contributed by atoms with Crippen LogP contribution in [-0.2, 0) is 21.2 Å². The van der Waals surface area contributed by atoms with E-state index in [1.807, 2.05) is 24.3 Å². The van der Waals surface area contributed by atoms with Gasteiger partial charge in [0.2, 0.25) is 15.9 Å². The van der Waals surface area contributed by atoms with Gasteiger partial charge in [0.05, 0.1) is 12.0 Å². The van der Waals surface area contributed by atoms with E-state index in [-0.39, 0.29) is 10.8 Å². The van der Waals surface area contributed by atoms with Crippen molar-refractivity contribution in [2.24, 2.45) is 0 Å². The van der Waals surface area contributed by atoms with Crippen LogP contribution in [0, 0.1) is 0 Å². The number of nitrogens with one attached hydrogen (secondary N) is 1. The lowest BCUT2D eigenvalue weighted by atomic mass is 10.1. The molecule has 0 aliphatic heterocycles. The van der Waals surface area contributed by atoms with E-state index in [4.69, 9.17) is 4.74 Å². The Hall–Kier alpha value is -2.38. The largest absolute Gasteiger partial charge is 0.497 e. The molecule has 2 rings (SSSR count). The zero-order valence-corrected chi connectivity index (χ0v) is 17.2. The summed E-state index contributed by atoms with van der Waals surface area (Å²) in [6, 6.07) is 16.2. The Morgan fingerprint density at radius 1 is 1.04 bits per heavy atom. The predicted molar refractivity (Wildman–Crippen MR) is 110 cm³/mol. The summed E-state index contributed by atoms with van der Waals surface area (Å²) in [6.07, 6.45) is 2.51. The van der Waals surface area contributed by atoms with Crippen LogP contribution in [0.1, 0.15) is 24.8 Å². The molecule has 0 fully saturated rings. The number of amides is 1. The molecule has 0 heterocycles. The van der Waals surface area contributed by atoms with E-state index in [1.165, 1.54) is 16.9 Å². The molecule has 2 aromatic rings. The molecule has 6 nitrogen and oxygen atoms in total. The van der Waals surface area contributed by atoms with Crippen LogP contribution in [0.2, 0.25) is 0 Å². The number of hydrogen-bond acceptors (Lipinski definition) is 4. The normalized spacial score (nSPS) is 11.4. The zero-order chi connectivity index (χ0) is 20.4. The first-order valence-electron chi connectivity index (χ1n) is 9.34. The number of carbonyl (C=O) groups excluding carboxylic acids is 1. The highest BCUT2D eigenvalue weighted by molar-refractivity contribution is 7.89.